The second kappa shape index (κ2) is 20.1. The SMILES string of the molecule is CCOC(=O)CN(C(=O)OC(C)(C)C)N(C)C(=O)NCc1ccccc1.CN(C(=O)NCc1ccccc1)N(CC(=O)O)C(=O)OC(C)(C)C. The topological polar surface area (TPSA) is 187 Å². The van der Waals surface area contributed by atoms with Gasteiger partial charge in [0.15, 0.2) is 0 Å². The fraction of sp³-hybridized carbons (Fsp3) is 0.471. The minimum Gasteiger partial charge on any atom is -0.480 e. The number of carbonyl (C=O) groups is 6. The number of urea groups is 2. The number of nitrogens with zero attached hydrogens (tertiary/aromatic N) is 4. The molecule has 2 aromatic rings. The fourth-order valence-electron chi connectivity index (χ4n) is 3.67. The highest BCUT2D eigenvalue weighted by Gasteiger charge is 2.31. The summed E-state index contributed by atoms with van der Waals surface area (Å²) in [4.78, 5) is 71.9. The molecule has 0 fully saturated rings. The third-order valence-electron chi connectivity index (χ3n) is 5.96. The molecule has 0 unspecified atom stereocenters. The fourth-order valence-corrected chi connectivity index (χ4v) is 3.67. The van der Waals surface area contributed by atoms with Crippen LogP contribution in [0.3, 0.4) is 0 Å². The lowest BCUT2D eigenvalue weighted by Crippen LogP contribution is -2.54. The number of ether oxygens (including phenoxy) is 3. The largest absolute Gasteiger partial charge is 0.480 e. The molecule has 2 rings (SSSR count). The minimum absolute atomic E-state index is 0.172. The van der Waals surface area contributed by atoms with Gasteiger partial charge in [-0.25, -0.2) is 39.2 Å². The number of hydrazine groups is 2. The Hall–Kier alpha value is -5.54. The third kappa shape index (κ3) is 17.0. The average molecular weight is 703 g/mol. The molecule has 3 N–H and O–H groups in total. The van der Waals surface area contributed by atoms with Crippen molar-refractivity contribution in [2.45, 2.75) is 72.8 Å². The number of nitrogens with one attached hydrogen (secondary N) is 2. The maximum atomic E-state index is 12.4. The van der Waals surface area contributed by atoms with Crippen LogP contribution < -0.4 is 10.6 Å². The molecule has 0 spiro atoms. The summed E-state index contributed by atoms with van der Waals surface area (Å²) < 4.78 is 15.3. The van der Waals surface area contributed by atoms with Gasteiger partial charge in [-0.3, -0.25) is 9.59 Å². The number of rotatable bonds is 9. The highest BCUT2D eigenvalue weighted by Crippen LogP contribution is 2.13. The lowest BCUT2D eigenvalue weighted by Gasteiger charge is -2.32. The molecule has 0 radical (unpaired) electrons. The molecule has 16 heteroatoms. The molecule has 276 valence electrons. The van der Waals surface area contributed by atoms with E-state index in [1.54, 1.807) is 48.5 Å². The summed E-state index contributed by atoms with van der Waals surface area (Å²) in [5, 5.41) is 17.8. The number of carboxylic acid groups (broad SMARTS) is 1. The zero-order chi connectivity index (χ0) is 38.1. The summed E-state index contributed by atoms with van der Waals surface area (Å²) >= 11 is 0. The number of amides is 6. The number of hydrogen-bond donors (Lipinski definition) is 3. The summed E-state index contributed by atoms with van der Waals surface area (Å²) in [5.74, 6) is -1.90. The van der Waals surface area contributed by atoms with E-state index in [2.05, 4.69) is 10.6 Å². The van der Waals surface area contributed by atoms with Crippen LogP contribution in [0.4, 0.5) is 19.2 Å². The van der Waals surface area contributed by atoms with Gasteiger partial charge in [-0.05, 0) is 59.6 Å². The van der Waals surface area contributed by atoms with Gasteiger partial charge < -0.3 is 30.0 Å². The number of carboxylic acids is 1. The van der Waals surface area contributed by atoms with E-state index in [1.165, 1.54) is 14.1 Å². The minimum atomic E-state index is -1.26. The molecule has 0 aromatic heterocycles. The maximum Gasteiger partial charge on any atom is 0.429 e. The van der Waals surface area contributed by atoms with Crippen LogP contribution in [0.1, 0.15) is 59.6 Å². The Morgan fingerprint density at radius 1 is 0.640 bits per heavy atom. The zero-order valence-electron chi connectivity index (χ0n) is 30.2. The Kier molecular flexibility index (Phi) is 17.1. The standard InChI is InChI=1S/C18H27N3O5.C16H23N3O5/c1-6-25-15(22)13-21(17(24)26-18(2,3)4)20(5)16(23)19-12-14-10-8-7-9-11-14;1-16(2,3)24-15(23)19(11-13(20)21)18(4)14(22)17-10-12-8-6-5-7-9-12/h7-11H,6,12-13H2,1-5H3,(H,19,23);5-9H,10-11H2,1-4H3,(H,17,22)(H,20,21). The molecule has 0 bridgehead atoms. The van der Waals surface area contributed by atoms with E-state index in [9.17, 15) is 28.8 Å². The molecule has 0 aliphatic rings. The zero-order valence-corrected chi connectivity index (χ0v) is 30.2. The average Bonchev–Trinajstić information content (AvgIpc) is 3.02. The summed E-state index contributed by atoms with van der Waals surface area (Å²) in [5.41, 5.74) is 0.199. The van der Waals surface area contributed by atoms with Crippen LogP contribution in [0.15, 0.2) is 60.7 Å². The molecule has 0 saturated heterocycles. The van der Waals surface area contributed by atoms with E-state index in [4.69, 9.17) is 19.3 Å². The van der Waals surface area contributed by atoms with Crippen LogP contribution in [0, 0.1) is 0 Å². The molecule has 6 amide bonds. The number of esters is 1. The second-order valence-electron chi connectivity index (χ2n) is 12.6. The van der Waals surface area contributed by atoms with Gasteiger partial charge in [0.2, 0.25) is 0 Å². The molecule has 0 aliphatic carbocycles. The second-order valence-corrected chi connectivity index (χ2v) is 12.6. The number of benzene rings is 2. The Morgan fingerprint density at radius 2 is 1.00 bits per heavy atom. The van der Waals surface area contributed by atoms with Gasteiger partial charge in [0.1, 0.15) is 24.3 Å². The van der Waals surface area contributed by atoms with E-state index in [1.807, 2.05) is 60.7 Å². The van der Waals surface area contributed by atoms with Crippen LogP contribution in [0.2, 0.25) is 0 Å². The van der Waals surface area contributed by atoms with Crippen LogP contribution in [-0.2, 0) is 36.9 Å². The van der Waals surface area contributed by atoms with Crippen LogP contribution in [0.5, 0.6) is 0 Å². The number of hydrogen-bond acceptors (Lipinski definition) is 9. The van der Waals surface area contributed by atoms with E-state index in [-0.39, 0.29) is 19.7 Å². The Morgan fingerprint density at radius 3 is 1.32 bits per heavy atom. The monoisotopic (exact) mass is 702 g/mol. The molecule has 2 aromatic carbocycles. The van der Waals surface area contributed by atoms with Gasteiger partial charge in [0.05, 0.1) is 6.61 Å². The molecule has 50 heavy (non-hydrogen) atoms. The van der Waals surface area contributed by atoms with Crippen molar-refractivity contribution in [2.75, 3.05) is 33.8 Å². The van der Waals surface area contributed by atoms with Gasteiger partial charge in [-0.1, -0.05) is 60.7 Å². The smallest absolute Gasteiger partial charge is 0.429 e. The van der Waals surface area contributed by atoms with Crippen molar-refractivity contribution in [3.8, 4) is 0 Å². The summed E-state index contributed by atoms with van der Waals surface area (Å²) in [6, 6.07) is 17.4. The van der Waals surface area contributed by atoms with Crippen LogP contribution in [0.25, 0.3) is 0 Å². The maximum absolute atomic E-state index is 12.4. The highest BCUT2D eigenvalue weighted by molar-refractivity contribution is 5.82. The van der Waals surface area contributed by atoms with Gasteiger partial charge in [-0.2, -0.15) is 0 Å². The van der Waals surface area contributed by atoms with Gasteiger partial charge >= 0.3 is 36.2 Å². The first-order valence-corrected chi connectivity index (χ1v) is 15.7. The summed E-state index contributed by atoms with van der Waals surface area (Å²) in [7, 11) is 2.68. The van der Waals surface area contributed by atoms with Crippen molar-refractivity contribution in [1.82, 2.24) is 30.7 Å². The lowest BCUT2D eigenvalue weighted by molar-refractivity contribution is -0.147. The van der Waals surface area contributed by atoms with Crippen molar-refractivity contribution in [2.24, 2.45) is 0 Å². The van der Waals surface area contributed by atoms with E-state index >= 15 is 0 Å². The number of aliphatic carboxylic acids is 1. The van der Waals surface area contributed by atoms with Crippen molar-refractivity contribution in [3.05, 3.63) is 71.8 Å². The Labute approximate surface area is 293 Å². The number of carbonyl (C=O) groups excluding carboxylic acids is 5. The predicted molar refractivity (Wildman–Crippen MR) is 183 cm³/mol. The Bertz CT molecular complexity index is 1410. The first-order chi connectivity index (χ1) is 23.2. The van der Waals surface area contributed by atoms with Gasteiger partial charge in [0, 0.05) is 27.2 Å². The normalized spacial score (nSPS) is 10.7. The molecular weight excluding hydrogens is 652 g/mol. The van der Waals surface area contributed by atoms with Crippen LogP contribution in [-0.4, -0.2) is 106 Å². The van der Waals surface area contributed by atoms with Crippen molar-refractivity contribution < 1.29 is 48.1 Å². The molecular formula is C34H50N6O10. The van der Waals surface area contributed by atoms with Gasteiger partial charge in [-0.15, -0.1) is 0 Å². The van der Waals surface area contributed by atoms with E-state index in [0.29, 0.717) is 0 Å². The van der Waals surface area contributed by atoms with Crippen molar-refractivity contribution in [3.63, 3.8) is 0 Å². The molecule has 16 nitrogen and oxygen atoms in total. The first-order valence-electron chi connectivity index (χ1n) is 15.7. The molecule has 0 aliphatic heterocycles. The summed E-state index contributed by atoms with van der Waals surface area (Å²) in [6.07, 6.45) is -1.73. The highest BCUT2D eigenvalue weighted by atomic mass is 16.6. The first kappa shape index (κ1) is 42.5. The summed E-state index contributed by atoms with van der Waals surface area (Å²) in [6.45, 7) is 11.3. The molecule has 0 heterocycles. The molecule has 0 atom stereocenters. The van der Waals surface area contributed by atoms with E-state index < -0.39 is 60.5 Å². The Balaban J connectivity index is 0.000000502. The van der Waals surface area contributed by atoms with E-state index in [0.717, 1.165) is 31.2 Å². The van der Waals surface area contributed by atoms with Gasteiger partial charge in [0.25, 0.3) is 0 Å². The molecule has 0 saturated carbocycles. The third-order valence-corrected chi connectivity index (χ3v) is 5.96. The lowest BCUT2D eigenvalue weighted by atomic mass is 10.2. The predicted octanol–water partition coefficient (Wildman–Crippen LogP) is 4.61. The quantitative estimate of drug-likeness (QED) is 0.189. The van der Waals surface area contributed by atoms with Crippen molar-refractivity contribution >= 4 is 36.2 Å². The van der Waals surface area contributed by atoms with Crippen LogP contribution >= 0.6 is 0 Å². The van der Waals surface area contributed by atoms with Crippen molar-refractivity contribution in [1.29, 1.82) is 0 Å².